The Morgan fingerprint density at radius 3 is 3.05 bits per heavy atom. The molecule has 3 aromatic heterocycles. The molecular formula is C14H16N4S. The van der Waals surface area contributed by atoms with E-state index in [0.29, 0.717) is 0 Å². The van der Waals surface area contributed by atoms with Gasteiger partial charge in [0.1, 0.15) is 0 Å². The summed E-state index contributed by atoms with van der Waals surface area (Å²) in [6, 6.07) is 6.40. The highest BCUT2D eigenvalue weighted by Gasteiger charge is 2.16. The van der Waals surface area contributed by atoms with E-state index >= 15 is 0 Å². The van der Waals surface area contributed by atoms with Gasteiger partial charge in [-0.2, -0.15) is 5.10 Å². The van der Waals surface area contributed by atoms with Crippen LogP contribution in [0.4, 0.5) is 0 Å². The van der Waals surface area contributed by atoms with E-state index in [4.69, 9.17) is 0 Å². The van der Waals surface area contributed by atoms with Crippen molar-refractivity contribution < 1.29 is 0 Å². The molecule has 4 nitrogen and oxygen atoms in total. The topological polar surface area (TPSA) is 42.7 Å². The molecule has 0 radical (unpaired) electrons. The van der Waals surface area contributed by atoms with E-state index in [0.717, 1.165) is 23.3 Å². The Morgan fingerprint density at radius 2 is 2.32 bits per heavy atom. The summed E-state index contributed by atoms with van der Waals surface area (Å²) in [6.07, 6.45) is 3.91. The summed E-state index contributed by atoms with van der Waals surface area (Å²) in [5.41, 5.74) is 3.25. The van der Waals surface area contributed by atoms with E-state index < -0.39 is 0 Å². The number of thiophene rings is 1. The van der Waals surface area contributed by atoms with E-state index in [9.17, 15) is 0 Å². The molecule has 0 aliphatic rings. The third-order valence-corrected chi connectivity index (χ3v) is 3.95. The summed E-state index contributed by atoms with van der Waals surface area (Å²) in [5.74, 6) is 0. The maximum absolute atomic E-state index is 4.51. The lowest BCUT2D eigenvalue weighted by Crippen LogP contribution is -2.22. The maximum atomic E-state index is 4.51. The molecule has 98 valence electrons. The van der Waals surface area contributed by atoms with Gasteiger partial charge in [-0.15, -0.1) is 11.3 Å². The highest BCUT2D eigenvalue weighted by molar-refractivity contribution is 7.17. The number of nitrogens with one attached hydrogen (secondary N) is 1. The summed E-state index contributed by atoms with van der Waals surface area (Å²) >= 11 is 1.72. The predicted octanol–water partition coefficient (Wildman–Crippen LogP) is 2.73. The number of rotatable bonds is 4. The van der Waals surface area contributed by atoms with Crippen molar-refractivity contribution in [2.75, 3.05) is 6.54 Å². The summed E-state index contributed by atoms with van der Waals surface area (Å²) in [7, 11) is 1.94. The molecule has 0 aliphatic heterocycles. The third kappa shape index (κ3) is 2.39. The summed E-state index contributed by atoms with van der Waals surface area (Å²) in [4.78, 5) is 4.51. The number of aromatic nitrogens is 3. The molecule has 0 saturated carbocycles. The van der Waals surface area contributed by atoms with Gasteiger partial charge in [0.05, 0.1) is 22.0 Å². The van der Waals surface area contributed by atoms with Crippen molar-refractivity contribution in [1.29, 1.82) is 0 Å². The van der Waals surface area contributed by atoms with E-state index in [-0.39, 0.29) is 6.04 Å². The number of nitrogens with zero attached hydrogens (tertiary/aromatic N) is 3. The van der Waals surface area contributed by atoms with Gasteiger partial charge in [-0.05, 0) is 35.7 Å². The van der Waals surface area contributed by atoms with Crippen molar-refractivity contribution in [3.8, 4) is 0 Å². The van der Waals surface area contributed by atoms with Crippen molar-refractivity contribution in [3.63, 3.8) is 0 Å². The SMILES string of the molecule is CCNC(c1cnc2ccsc2c1)c1ccn(C)n1. The van der Waals surface area contributed by atoms with Crippen molar-refractivity contribution in [1.82, 2.24) is 20.1 Å². The quantitative estimate of drug-likeness (QED) is 0.794. The van der Waals surface area contributed by atoms with Gasteiger partial charge in [0, 0.05) is 19.4 Å². The second-order valence-corrected chi connectivity index (χ2v) is 5.43. The van der Waals surface area contributed by atoms with Crippen LogP contribution >= 0.6 is 11.3 Å². The number of fused-ring (bicyclic) bond motifs is 1. The Kier molecular flexibility index (Phi) is 3.31. The van der Waals surface area contributed by atoms with Crippen molar-refractivity contribution in [2.45, 2.75) is 13.0 Å². The standard InChI is InChI=1S/C14H16N4S/c1-3-15-14(12-4-6-18(2)17-12)10-8-13-11(16-9-10)5-7-19-13/h4-9,14-15H,3H2,1-2H3. The lowest BCUT2D eigenvalue weighted by molar-refractivity contribution is 0.599. The highest BCUT2D eigenvalue weighted by atomic mass is 32.1. The Labute approximate surface area is 116 Å². The molecule has 1 atom stereocenters. The molecule has 0 aromatic carbocycles. The molecule has 0 spiro atoms. The fourth-order valence-corrected chi connectivity index (χ4v) is 2.99. The van der Waals surface area contributed by atoms with Crippen LogP contribution in [0.3, 0.4) is 0 Å². The molecule has 1 unspecified atom stereocenters. The Balaban J connectivity index is 2.03. The van der Waals surface area contributed by atoms with Crippen LogP contribution in [-0.2, 0) is 7.05 Å². The van der Waals surface area contributed by atoms with Gasteiger partial charge in [-0.3, -0.25) is 9.67 Å². The zero-order chi connectivity index (χ0) is 13.2. The number of pyridine rings is 1. The minimum atomic E-state index is 0.102. The van der Waals surface area contributed by atoms with E-state index in [1.165, 1.54) is 4.70 Å². The van der Waals surface area contributed by atoms with Crippen LogP contribution in [0.5, 0.6) is 0 Å². The first-order chi connectivity index (χ1) is 9.28. The summed E-state index contributed by atoms with van der Waals surface area (Å²) in [6.45, 7) is 3.00. The molecule has 3 heterocycles. The predicted molar refractivity (Wildman–Crippen MR) is 78.3 cm³/mol. The molecule has 0 fully saturated rings. The molecule has 3 rings (SSSR count). The van der Waals surface area contributed by atoms with Crippen LogP contribution in [0.2, 0.25) is 0 Å². The van der Waals surface area contributed by atoms with Crippen molar-refractivity contribution in [3.05, 3.63) is 47.2 Å². The lowest BCUT2D eigenvalue weighted by atomic mass is 10.1. The van der Waals surface area contributed by atoms with Crippen LogP contribution in [0.1, 0.15) is 24.2 Å². The van der Waals surface area contributed by atoms with Crippen LogP contribution in [0, 0.1) is 0 Å². The van der Waals surface area contributed by atoms with Crippen LogP contribution in [0.15, 0.2) is 36.0 Å². The first-order valence-corrected chi connectivity index (χ1v) is 7.22. The lowest BCUT2D eigenvalue weighted by Gasteiger charge is -2.15. The third-order valence-electron chi connectivity index (χ3n) is 3.10. The molecule has 0 bridgehead atoms. The highest BCUT2D eigenvalue weighted by Crippen LogP contribution is 2.25. The van der Waals surface area contributed by atoms with Crippen molar-refractivity contribution in [2.24, 2.45) is 7.05 Å². The van der Waals surface area contributed by atoms with Gasteiger partial charge < -0.3 is 5.32 Å². The fourth-order valence-electron chi connectivity index (χ4n) is 2.20. The fraction of sp³-hybridized carbons (Fsp3) is 0.286. The van der Waals surface area contributed by atoms with Gasteiger partial charge in [0.2, 0.25) is 0 Å². The molecule has 3 aromatic rings. The molecule has 19 heavy (non-hydrogen) atoms. The molecule has 0 amide bonds. The zero-order valence-corrected chi connectivity index (χ0v) is 11.8. The first kappa shape index (κ1) is 12.3. The minimum Gasteiger partial charge on any atom is -0.305 e. The number of hydrogen-bond acceptors (Lipinski definition) is 4. The normalized spacial score (nSPS) is 12.9. The largest absolute Gasteiger partial charge is 0.305 e. The Bertz CT molecular complexity index is 685. The number of aryl methyl sites for hydroxylation is 1. The molecule has 0 aliphatic carbocycles. The summed E-state index contributed by atoms with van der Waals surface area (Å²) < 4.78 is 3.05. The second-order valence-electron chi connectivity index (χ2n) is 4.48. The monoisotopic (exact) mass is 272 g/mol. The van der Waals surface area contributed by atoms with Gasteiger partial charge >= 0.3 is 0 Å². The molecule has 5 heteroatoms. The molecule has 1 N–H and O–H groups in total. The molecule has 0 saturated heterocycles. The van der Waals surface area contributed by atoms with Crippen LogP contribution in [0.25, 0.3) is 10.2 Å². The van der Waals surface area contributed by atoms with Crippen LogP contribution < -0.4 is 5.32 Å². The van der Waals surface area contributed by atoms with E-state index in [2.05, 4.69) is 33.8 Å². The average Bonchev–Trinajstić information content (AvgIpc) is 3.03. The minimum absolute atomic E-state index is 0.102. The Hall–Kier alpha value is -1.72. The maximum Gasteiger partial charge on any atom is 0.0839 e. The average molecular weight is 272 g/mol. The van der Waals surface area contributed by atoms with Crippen LogP contribution in [-0.4, -0.2) is 21.3 Å². The summed E-state index contributed by atoms with van der Waals surface area (Å²) in [5, 5.41) is 10.1. The van der Waals surface area contributed by atoms with Gasteiger partial charge in [-0.25, -0.2) is 0 Å². The smallest absolute Gasteiger partial charge is 0.0839 e. The van der Waals surface area contributed by atoms with Gasteiger partial charge in [0.15, 0.2) is 0 Å². The van der Waals surface area contributed by atoms with Gasteiger partial charge in [-0.1, -0.05) is 6.92 Å². The Morgan fingerprint density at radius 1 is 1.42 bits per heavy atom. The zero-order valence-electron chi connectivity index (χ0n) is 11.0. The van der Waals surface area contributed by atoms with Gasteiger partial charge in [0.25, 0.3) is 0 Å². The number of hydrogen-bond donors (Lipinski definition) is 1. The first-order valence-electron chi connectivity index (χ1n) is 6.34. The van der Waals surface area contributed by atoms with E-state index in [1.54, 1.807) is 11.3 Å². The second kappa shape index (κ2) is 5.11. The van der Waals surface area contributed by atoms with E-state index in [1.807, 2.05) is 36.3 Å². The molecular weight excluding hydrogens is 256 g/mol. The van der Waals surface area contributed by atoms with Crippen molar-refractivity contribution >= 4 is 21.6 Å².